The molecule has 0 fully saturated rings. The van der Waals surface area contributed by atoms with Crippen LogP contribution in [0.4, 0.5) is 0 Å². The lowest BCUT2D eigenvalue weighted by Gasteiger charge is -1.92. The highest BCUT2D eigenvalue weighted by Gasteiger charge is 2.14. The second kappa shape index (κ2) is 1.26. The first kappa shape index (κ1) is 4.79. The molecule has 0 heterocycles. The molecule has 1 aliphatic rings. The van der Waals surface area contributed by atoms with Crippen LogP contribution in [-0.4, -0.2) is 5.11 Å². The number of hydrogen-bond donors (Lipinski definition) is 1. The molecule has 46 valence electrons. The molecule has 0 atom stereocenters. The summed E-state index contributed by atoms with van der Waals surface area (Å²) in [6, 6.07) is 0. The van der Waals surface area contributed by atoms with Gasteiger partial charge in [-0.1, -0.05) is 6.08 Å². The molecule has 1 N–H and O–H groups in total. The molecule has 9 heavy (non-hydrogen) atoms. The predicted molar refractivity (Wildman–Crippen MR) is 34.1 cm³/mol. The summed E-state index contributed by atoms with van der Waals surface area (Å²) in [6.07, 6.45) is 3.35. The molecular weight excluding hydrogens is 116 g/mol. The minimum Gasteiger partial charge on any atom is -0.512 e. The molecule has 1 aromatic rings. The Bertz CT molecular complexity index is 363. The van der Waals surface area contributed by atoms with Crippen LogP contribution in [0.1, 0.15) is 12.8 Å². The Hall–Kier alpha value is -1.05. The van der Waals surface area contributed by atoms with Gasteiger partial charge in [-0.2, -0.15) is 0 Å². The average molecular weight is 122 g/mol. The molecule has 2 heteroatoms. The van der Waals surface area contributed by atoms with Crippen molar-refractivity contribution in [3.05, 3.63) is 20.7 Å². The monoisotopic (exact) mass is 122 g/mol. The Balaban J connectivity index is 2.92. The minimum absolute atomic E-state index is 0.0463. The van der Waals surface area contributed by atoms with Crippen LogP contribution in [0.5, 0.6) is 0 Å². The third-order valence-electron chi connectivity index (χ3n) is 1.70. The Morgan fingerprint density at radius 2 is 2.33 bits per heavy atom. The van der Waals surface area contributed by atoms with E-state index in [1.807, 2.05) is 6.08 Å². The van der Waals surface area contributed by atoms with E-state index in [0.717, 1.165) is 11.6 Å². The fraction of sp³-hybridized carbons (Fsp3) is 0.286. The van der Waals surface area contributed by atoms with Crippen LogP contribution in [-0.2, 0) is 0 Å². The number of rotatable bonds is 0. The summed E-state index contributed by atoms with van der Waals surface area (Å²) in [5.41, 5.74) is 0.0463. The van der Waals surface area contributed by atoms with Crippen molar-refractivity contribution in [1.29, 1.82) is 0 Å². The zero-order valence-electron chi connectivity index (χ0n) is 4.85. The smallest absolute Gasteiger partial charge is 0.197 e. The van der Waals surface area contributed by atoms with Crippen LogP contribution in [0.3, 0.4) is 0 Å². The van der Waals surface area contributed by atoms with Gasteiger partial charge in [-0.15, -0.1) is 0 Å². The van der Waals surface area contributed by atoms with Gasteiger partial charge in [0.2, 0.25) is 0 Å². The van der Waals surface area contributed by atoms with E-state index < -0.39 is 0 Å². The van der Waals surface area contributed by atoms with Crippen molar-refractivity contribution in [1.82, 2.24) is 0 Å². The maximum Gasteiger partial charge on any atom is 0.197 e. The quantitative estimate of drug-likeness (QED) is 0.487. The maximum atomic E-state index is 10.6. The third-order valence-corrected chi connectivity index (χ3v) is 1.70. The lowest BCUT2D eigenvalue weighted by Crippen LogP contribution is -2.07. The molecule has 2 nitrogen and oxygen atoms in total. The Kier molecular flexibility index (Phi) is 0.673. The molecule has 0 bridgehead atoms. The first-order valence-electron chi connectivity index (χ1n) is 2.98. The van der Waals surface area contributed by atoms with Gasteiger partial charge < -0.3 is 5.11 Å². The second-order valence-electron chi connectivity index (χ2n) is 2.31. The molecule has 0 unspecified atom stereocenters. The van der Waals surface area contributed by atoms with Gasteiger partial charge in [0.1, 0.15) is 5.76 Å². The van der Waals surface area contributed by atoms with Crippen molar-refractivity contribution in [2.24, 2.45) is 0 Å². The Morgan fingerprint density at radius 1 is 1.56 bits per heavy atom. The summed E-state index contributed by atoms with van der Waals surface area (Å²) in [5, 5.41) is 10.3. The van der Waals surface area contributed by atoms with Crippen molar-refractivity contribution < 1.29 is 5.11 Å². The van der Waals surface area contributed by atoms with E-state index in [1.165, 1.54) is 0 Å². The summed E-state index contributed by atoms with van der Waals surface area (Å²) < 4.78 is 0. The van der Waals surface area contributed by atoms with E-state index in [-0.39, 0.29) is 11.2 Å². The number of aliphatic hydroxyl groups is 1. The third kappa shape index (κ3) is 0.474. The first-order valence-corrected chi connectivity index (χ1v) is 2.98. The standard InChI is InChI=1S/C7H6O2/c8-5-3-1-2-4-6(5)7(4)9/h2,8H,1,3H2. The highest BCUT2D eigenvalue weighted by Crippen LogP contribution is 2.02. The van der Waals surface area contributed by atoms with E-state index in [9.17, 15) is 4.79 Å². The summed E-state index contributed by atoms with van der Waals surface area (Å²) in [6.45, 7) is 0. The van der Waals surface area contributed by atoms with Crippen molar-refractivity contribution in [2.75, 3.05) is 0 Å². The molecule has 2 rings (SSSR count). The highest BCUT2D eigenvalue weighted by atomic mass is 16.3. The van der Waals surface area contributed by atoms with Gasteiger partial charge in [-0.05, 0) is 6.42 Å². The summed E-state index contributed by atoms with van der Waals surface area (Å²) >= 11 is 0. The average Bonchev–Trinajstić information content (AvgIpc) is 2.45. The SMILES string of the molecule is O=c1c2c1=C(O)CCC=2. The van der Waals surface area contributed by atoms with Crippen LogP contribution in [0.2, 0.25) is 0 Å². The van der Waals surface area contributed by atoms with Crippen LogP contribution in [0, 0.1) is 0 Å². The topological polar surface area (TPSA) is 37.3 Å². The van der Waals surface area contributed by atoms with Crippen molar-refractivity contribution >= 4 is 11.8 Å². The molecule has 0 spiro atoms. The molecule has 0 aromatic heterocycles. The van der Waals surface area contributed by atoms with E-state index in [0.29, 0.717) is 11.6 Å². The Morgan fingerprint density at radius 3 is 2.89 bits per heavy atom. The molecule has 0 saturated heterocycles. The largest absolute Gasteiger partial charge is 0.512 e. The molecular formula is C7H6O2. The zero-order chi connectivity index (χ0) is 6.43. The molecule has 0 saturated carbocycles. The van der Waals surface area contributed by atoms with Gasteiger partial charge >= 0.3 is 0 Å². The molecule has 1 aromatic carbocycles. The molecule has 0 amide bonds. The predicted octanol–water partition coefficient (Wildman–Crippen LogP) is -0.837. The van der Waals surface area contributed by atoms with Crippen LogP contribution >= 0.6 is 0 Å². The van der Waals surface area contributed by atoms with E-state index in [2.05, 4.69) is 0 Å². The fourth-order valence-corrected chi connectivity index (χ4v) is 1.14. The first-order chi connectivity index (χ1) is 4.30. The summed E-state index contributed by atoms with van der Waals surface area (Å²) in [7, 11) is 0. The van der Waals surface area contributed by atoms with Gasteiger partial charge in [0.05, 0.1) is 5.22 Å². The van der Waals surface area contributed by atoms with Gasteiger partial charge in [0, 0.05) is 11.6 Å². The highest BCUT2D eigenvalue weighted by molar-refractivity contribution is 5.49. The van der Waals surface area contributed by atoms with E-state index >= 15 is 0 Å². The zero-order valence-corrected chi connectivity index (χ0v) is 4.85. The lowest BCUT2D eigenvalue weighted by molar-refractivity contribution is 0.480. The summed E-state index contributed by atoms with van der Waals surface area (Å²) in [5.74, 6) is 0.289. The number of hydrogen-bond acceptors (Lipinski definition) is 2. The number of aliphatic hydroxyl groups excluding tert-OH is 1. The van der Waals surface area contributed by atoms with Crippen molar-refractivity contribution in [3.8, 4) is 0 Å². The van der Waals surface area contributed by atoms with Crippen LogP contribution in [0.25, 0.3) is 11.8 Å². The number of fused-ring (bicyclic) bond motifs is 1. The normalized spacial score (nSPS) is 17.6. The maximum absolute atomic E-state index is 10.6. The molecule has 0 radical (unpaired) electrons. The fourth-order valence-electron chi connectivity index (χ4n) is 1.14. The van der Waals surface area contributed by atoms with Crippen LogP contribution in [0.15, 0.2) is 4.79 Å². The van der Waals surface area contributed by atoms with Gasteiger partial charge in [0.15, 0.2) is 5.43 Å². The van der Waals surface area contributed by atoms with Crippen molar-refractivity contribution in [3.63, 3.8) is 0 Å². The van der Waals surface area contributed by atoms with Gasteiger partial charge in [-0.3, -0.25) is 4.79 Å². The second-order valence-corrected chi connectivity index (χ2v) is 2.31. The van der Waals surface area contributed by atoms with Gasteiger partial charge in [-0.25, -0.2) is 0 Å². The van der Waals surface area contributed by atoms with E-state index in [4.69, 9.17) is 5.11 Å². The summed E-state index contributed by atoms with van der Waals surface area (Å²) in [4.78, 5) is 10.6. The van der Waals surface area contributed by atoms with Crippen LogP contribution < -0.4 is 15.9 Å². The van der Waals surface area contributed by atoms with E-state index in [1.54, 1.807) is 0 Å². The van der Waals surface area contributed by atoms with Gasteiger partial charge in [0.25, 0.3) is 0 Å². The molecule has 0 aliphatic heterocycles. The van der Waals surface area contributed by atoms with Crippen molar-refractivity contribution in [2.45, 2.75) is 12.8 Å². The minimum atomic E-state index is 0.0463. The Labute approximate surface area is 51.4 Å². The molecule has 1 aliphatic carbocycles. The lowest BCUT2D eigenvalue weighted by atomic mass is 10.2.